The lowest BCUT2D eigenvalue weighted by Crippen LogP contribution is -2.58. The summed E-state index contributed by atoms with van der Waals surface area (Å²) in [5.74, 6) is 1.28. The zero-order valence-corrected chi connectivity index (χ0v) is 9.95. The average molecular weight is 225 g/mol. The lowest BCUT2D eigenvalue weighted by atomic mass is 9.60. The van der Waals surface area contributed by atoms with E-state index in [-0.39, 0.29) is 5.41 Å². The van der Waals surface area contributed by atoms with Gasteiger partial charge in [-0.2, -0.15) is 0 Å². The van der Waals surface area contributed by atoms with Gasteiger partial charge in [0, 0.05) is 25.2 Å². The van der Waals surface area contributed by atoms with E-state index in [9.17, 15) is 5.11 Å². The van der Waals surface area contributed by atoms with Gasteiger partial charge in [0.1, 0.15) is 0 Å². The highest BCUT2D eigenvalue weighted by Crippen LogP contribution is 2.59. The maximum atomic E-state index is 11.1. The molecule has 3 aliphatic rings. The van der Waals surface area contributed by atoms with Crippen LogP contribution in [0.15, 0.2) is 0 Å². The smallest absolute Gasteiger partial charge is 0.0748 e. The zero-order chi connectivity index (χ0) is 11.2. The van der Waals surface area contributed by atoms with Crippen LogP contribution in [0, 0.1) is 17.3 Å². The third kappa shape index (κ3) is 1.31. The minimum Gasteiger partial charge on any atom is -0.389 e. The van der Waals surface area contributed by atoms with Gasteiger partial charge in [-0.1, -0.05) is 0 Å². The van der Waals surface area contributed by atoms with Gasteiger partial charge >= 0.3 is 0 Å². The summed E-state index contributed by atoms with van der Waals surface area (Å²) in [6.45, 7) is 2.17. The Balaban J connectivity index is 1.88. The van der Waals surface area contributed by atoms with Gasteiger partial charge in [0.2, 0.25) is 0 Å². The fraction of sp³-hybridized carbons (Fsp3) is 1.00. The molecule has 1 heterocycles. The molecular formula is C13H23NO2. The molecule has 3 heteroatoms. The first-order valence-corrected chi connectivity index (χ1v) is 6.70. The van der Waals surface area contributed by atoms with Crippen molar-refractivity contribution in [2.45, 2.75) is 44.1 Å². The van der Waals surface area contributed by atoms with Crippen molar-refractivity contribution in [1.82, 2.24) is 0 Å². The molecule has 2 saturated carbocycles. The predicted octanol–water partition coefficient (Wildman–Crippen LogP) is 1.29. The van der Waals surface area contributed by atoms with Gasteiger partial charge in [0.25, 0.3) is 0 Å². The Morgan fingerprint density at radius 3 is 2.50 bits per heavy atom. The summed E-state index contributed by atoms with van der Waals surface area (Å²) >= 11 is 0. The molecule has 3 fully saturated rings. The van der Waals surface area contributed by atoms with Gasteiger partial charge < -0.3 is 15.6 Å². The molecule has 3 N–H and O–H groups in total. The second kappa shape index (κ2) is 3.69. The molecule has 3 nitrogen and oxygen atoms in total. The highest BCUT2D eigenvalue weighted by atomic mass is 16.5. The van der Waals surface area contributed by atoms with Crippen LogP contribution in [0.1, 0.15) is 38.5 Å². The molecule has 16 heavy (non-hydrogen) atoms. The van der Waals surface area contributed by atoms with Crippen molar-refractivity contribution in [3.8, 4) is 0 Å². The molecule has 92 valence electrons. The van der Waals surface area contributed by atoms with Gasteiger partial charge in [0.15, 0.2) is 0 Å². The van der Waals surface area contributed by atoms with Crippen LogP contribution in [0.5, 0.6) is 0 Å². The maximum Gasteiger partial charge on any atom is 0.0748 e. The molecule has 3 atom stereocenters. The number of aliphatic hydroxyl groups is 1. The van der Waals surface area contributed by atoms with Crippen LogP contribution in [0.4, 0.5) is 0 Å². The van der Waals surface area contributed by atoms with Crippen LogP contribution in [0.25, 0.3) is 0 Å². The second-order valence-corrected chi connectivity index (χ2v) is 6.10. The van der Waals surface area contributed by atoms with Crippen molar-refractivity contribution < 1.29 is 9.84 Å². The van der Waals surface area contributed by atoms with Crippen LogP contribution in [-0.4, -0.2) is 30.5 Å². The number of nitrogens with two attached hydrogens (primary N) is 1. The Labute approximate surface area is 97.3 Å². The summed E-state index contributed by atoms with van der Waals surface area (Å²) in [7, 11) is 0. The first-order valence-electron chi connectivity index (χ1n) is 6.70. The Bertz CT molecular complexity index is 275. The minimum absolute atomic E-state index is 0.0505. The Hall–Kier alpha value is -0.120. The summed E-state index contributed by atoms with van der Waals surface area (Å²) in [6, 6.07) is 0. The molecular weight excluding hydrogens is 202 g/mol. The monoisotopic (exact) mass is 225 g/mol. The largest absolute Gasteiger partial charge is 0.389 e. The van der Waals surface area contributed by atoms with Crippen molar-refractivity contribution in [1.29, 1.82) is 0 Å². The van der Waals surface area contributed by atoms with Gasteiger partial charge in [-0.05, 0) is 50.4 Å². The van der Waals surface area contributed by atoms with E-state index < -0.39 is 5.60 Å². The standard InChI is InChI=1S/C13H23NO2/c14-9-12(3-5-16-6-4-12)13(15)8-10-1-2-11(13)7-10/h10-11,15H,1-9,14H2. The summed E-state index contributed by atoms with van der Waals surface area (Å²) < 4.78 is 5.44. The predicted molar refractivity (Wildman–Crippen MR) is 61.9 cm³/mol. The summed E-state index contributed by atoms with van der Waals surface area (Å²) in [5.41, 5.74) is 5.49. The molecule has 0 radical (unpaired) electrons. The van der Waals surface area contributed by atoms with E-state index in [0.29, 0.717) is 12.5 Å². The van der Waals surface area contributed by atoms with Crippen molar-refractivity contribution in [2.24, 2.45) is 23.0 Å². The summed E-state index contributed by atoms with van der Waals surface area (Å²) in [6.07, 6.45) is 6.66. The van der Waals surface area contributed by atoms with Gasteiger partial charge in [0.05, 0.1) is 5.60 Å². The third-order valence-corrected chi connectivity index (χ3v) is 5.58. The first kappa shape index (κ1) is 11.0. The van der Waals surface area contributed by atoms with Gasteiger partial charge in [-0.3, -0.25) is 0 Å². The zero-order valence-electron chi connectivity index (χ0n) is 9.95. The van der Waals surface area contributed by atoms with Gasteiger partial charge in [-0.15, -0.1) is 0 Å². The van der Waals surface area contributed by atoms with Crippen molar-refractivity contribution in [2.75, 3.05) is 19.8 Å². The fourth-order valence-corrected chi connectivity index (χ4v) is 4.53. The van der Waals surface area contributed by atoms with E-state index in [0.717, 1.165) is 38.4 Å². The minimum atomic E-state index is -0.478. The maximum absolute atomic E-state index is 11.1. The van der Waals surface area contributed by atoms with Crippen molar-refractivity contribution in [3.63, 3.8) is 0 Å². The SMILES string of the molecule is NCC1(C2(O)CC3CCC2C3)CCOCC1. The molecule has 1 aliphatic heterocycles. The topological polar surface area (TPSA) is 55.5 Å². The van der Waals surface area contributed by atoms with Crippen LogP contribution < -0.4 is 5.73 Å². The summed E-state index contributed by atoms with van der Waals surface area (Å²) in [4.78, 5) is 0. The third-order valence-electron chi connectivity index (χ3n) is 5.58. The number of fused-ring (bicyclic) bond motifs is 2. The highest BCUT2D eigenvalue weighted by Gasteiger charge is 2.60. The van der Waals surface area contributed by atoms with Crippen LogP contribution in [-0.2, 0) is 4.74 Å². The first-order chi connectivity index (χ1) is 7.70. The number of hydrogen-bond donors (Lipinski definition) is 2. The Kier molecular flexibility index (Phi) is 2.54. The molecule has 2 bridgehead atoms. The molecule has 0 amide bonds. The van der Waals surface area contributed by atoms with E-state index in [4.69, 9.17) is 10.5 Å². The molecule has 0 aromatic heterocycles. The Morgan fingerprint density at radius 1 is 1.25 bits per heavy atom. The average Bonchev–Trinajstić information content (AvgIpc) is 2.90. The quantitative estimate of drug-likeness (QED) is 0.744. The molecule has 0 spiro atoms. The molecule has 3 rings (SSSR count). The van der Waals surface area contributed by atoms with E-state index in [1.54, 1.807) is 0 Å². The van der Waals surface area contributed by atoms with Crippen LogP contribution in [0.3, 0.4) is 0 Å². The second-order valence-electron chi connectivity index (χ2n) is 6.10. The van der Waals surface area contributed by atoms with Crippen LogP contribution >= 0.6 is 0 Å². The van der Waals surface area contributed by atoms with E-state index in [2.05, 4.69) is 0 Å². The number of rotatable bonds is 2. The van der Waals surface area contributed by atoms with Crippen LogP contribution in [0.2, 0.25) is 0 Å². The lowest BCUT2D eigenvalue weighted by Gasteiger charge is -2.51. The fourth-order valence-electron chi connectivity index (χ4n) is 4.53. The molecule has 0 aromatic rings. The van der Waals surface area contributed by atoms with E-state index in [1.165, 1.54) is 19.3 Å². The molecule has 1 saturated heterocycles. The van der Waals surface area contributed by atoms with Crippen molar-refractivity contribution in [3.05, 3.63) is 0 Å². The highest BCUT2D eigenvalue weighted by molar-refractivity contribution is 5.11. The molecule has 3 unspecified atom stereocenters. The van der Waals surface area contributed by atoms with Gasteiger partial charge in [-0.25, -0.2) is 0 Å². The van der Waals surface area contributed by atoms with E-state index >= 15 is 0 Å². The summed E-state index contributed by atoms with van der Waals surface area (Å²) in [5, 5.41) is 11.1. The number of hydrogen-bond acceptors (Lipinski definition) is 3. The number of ether oxygens (including phenoxy) is 1. The molecule has 0 aromatic carbocycles. The molecule has 2 aliphatic carbocycles. The lowest BCUT2D eigenvalue weighted by molar-refractivity contribution is -0.156. The normalized spacial score (nSPS) is 46.1. The van der Waals surface area contributed by atoms with Crippen molar-refractivity contribution >= 4 is 0 Å². The van der Waals surface area contributed by atoms with E-state index in [1.807, 2.05) is 0 Å². The Morgan fingerprint density at radius 2 is 2.00 bits per heavy atom.